The lowest BCUT2D eigenvalue weighted by Gasteiger charge is -2.21. The van der Waals surface area contributed by atoms with Gasteiger partial charge < -0.3 is 5.32 Å². The maximum Gasteiger partial charge on any atom is 0.137 e. The van der Waals surface area contributed by atoms with Crippen LogP contribution in [0.1, 0.15) is 37.1 Å². The van der Waals surface area contributed by atoms with Crippen LogP contribution in [0.3, 0.4) is 0 Å². The zero-order chi connectivity index (χ0) is 14.7. The van der Waals surface area contributed by atoms with E-state index >= 15 is 0 Å². The average molecular weight is 340 g/mol. The highest BCUT2D eigenvalue weighted by atomic mass is 79.9. The summed E-state index contributed by atoms with van der Waals surface area (Å²) >= 11 is 3.18. The minimum absolute atomic E-state index is 0.00419. The van der Waals surface area contributed by atoms with Crippen LogP contribution in [0.25, 0.3) is 0 Å². The van der Waals surface area contributed by atoms with Gasteiger partial charge in [0, 0.05) is 12.1 Å². The Kier molecular flexibility index (Phi) is 4.89. The van der Waals surface area contributed by atoms with Crippen molar-refractivity contribution in [2.75, 3.05) is 0 Å². The quantitative estimate of drug-likeness (QED) is 0.813. The maximum atomic E-state index is 13.2. The van der Waals surface area contributed by atoms with E-state index in [1.165, 1.54) is 18.2 Å². The molecule has 0 aliphatic rings. The summed E-state index contributed by atoms with van der Waals surface area (Å²) in [5.74, 6) is -0.521. The first-order valence-corrected chi connectivity index (χ1v) is 7.23. The van der Waals surface area contributed by atoms with Crippen LogP contribution >= 0.6 is 15.9 Å². The number of nitrogens with one attached hydrogen (secondary N) is 1. The molecule has 1 nitrogen and oxygen atoms in total. The summed E-state index contributed by atoms with van der Waals surface area (Å²) in [5, 5.41) is 3.38. The van der Waals surface area contributed by atoms with E-state index in [1.54, 1.807) is 18.2 Å². The van der Waals surface area contributed by atoms with Gasteiger partial charge in [-0.05, 0) is 65.2 Å². The van der Waals surface area contributed by atoms with E-state index in [-0.39, 0.29) is 23.7 Å². The molecule has 2 rings (SSSR count). The van der Waals surface area contributed by atoms with E-state index in [1.807, 2.05) is 19.9 Å². The van der Waals surface area contributed by atoms with Gasteiger partial charge in [-0.25, -0.2) is 8.78 Å². The molecule has 1 N–H and O–H groups in total. The van der Waals surface area contributed by atoms with Gasteiger partial charge in [0.2, 0.25) is 0 Å². The normalized spacial score (nSPS) is 14.1. The third-order valence-corrected chi connectivity index (χ3v) is 3.90. The number of rotatable bonds is 4. The number of benzene rings is 2. The van der Waals surface area contributed by atoms with Gasteiger partial charge in [0.1, 0.15) is 11.6 Å². The van der Waals surface area contributed by atoms with Crippen molar-refractivity contribution in [3.05, 3.63) is 69.7 Å². The van der Waals surface area contributed by atoms with Crippen molar-refractivity contribution < 1.29 is 8.78 Å². The fourth-order valence-corrected chi connectivity index (χ4v) is 2.52. The lowest BCUT2D eigenvalue weighted by atomic mass is 10.0. The molecular weight excluding hydrogens is 324 g/mol. The van der Waals surface area contributed by atoms with Gasteiger partial charge in [-0.1, -0.05) is 18.2 Å². The predicted octanol–water partition coefficient (Wildman–Crippen LogP) is 5.14. The topological polar surface area (TPSA) is 12.0 Å². The molecule has 106 valence electrons. The van der Waals surface area contributed by atoms with Gasteiger partial charge in [-0.2, -0.15) is 0 Å². The van der Waals surface area contributed by atoms with Crippen LogP contribution in [-0.4, -0.2) is 0 Å². The van der Waals surface area contributed by atoms with Crippen LogP contribution in [-0.2, 0) is 0 Å². The highest BCUT2D eigenvalue weighted by Gasteiger charge is 2.12. The second-order valence-corrected chi connectivity index (χ2v) is 5.69. The van der Waals surface area contributed by atoms with Crippen LogP contribution in [0.15, 0.2) is 46.9 Å². The van der Waals surface area contributed by atoms with Gasteiger partial charge in [0.25, 0.3) is 0 Å². The van der Waals surface area contributed by atoms with Crippen molar-refractivity contribution in [3.63, 3.8) is 0 Å². The molecule has 4 heteroatoms. The third kappa shape index (κ3) is 3.64. The molecular formula is C16H16BrF2N. The summed E-state index contributed by atoms with van der Waals surface area (Å²) in [5.41, 5.74) is 1.86. The summed E-state index contributed by atoms with van der Waals surface area (Å²) in [6, 6.07) is 11.5. The minimum atomic E-state index is -0.279. The molecule has 0 aliphatic heterocycles. The van der Waals surface area contributed by atoms with Gasteiger partial charge in [0.05, 0.1) is 4.47 Å². The molecule has 0 radical (unpaired) electrons. The highest BCUT2D eigenvalue weighted by molar-refractivity contribution is 9.10. The molecule has 0 saturated carbocycles. The lowest BCUT2D eigenvalue weighted by Crippen LogP contribution is -2.22. The summed E-state index contributed by atoms with van der Waals surface area (Å²) in [6.07, 6.45) is 0. The molecule has 1 unspecified atom stereocenters. The second-order valence-electron chi connectivity index (χ2n) is 4.84. The van der Waals surface area contributed by atoms with E-state index in [0.29, 0.717) is 4.47 Å². The Morgan fingerprint density at radius 3 is 2.20 bits per heavy atom. The third-order valence-electron chi connectivity index (χ3n) is 3.29. The van der Waals surface area contributed by atoms with E-state index in [4.69, 9.17) is 0 Å². The fraction of sp³-hybridized carbons (Fsp3) is 0.250. The van der Waals surface area contributed by atoms with Gasteiger partial charge >= 0.3 is 0 Å². The Balaban J connectivity index is 2.10. The highest BCUT2D eigenvalue weighted by Crippen LogP contribution is 2.24. The zero-order valence-electron chi connectivity index (χ0n) is 11.3. The van der Waals surface area contributed by atoms with Crippen molar-refractivity contribution in [2.24, 2.45) is 0 Å². The van der Waals surface area contributed by atoms with Gasteiger partial charge in [-0.3, -0.25) is 0 Å². The molecule has 20 heavy (non-hydrogen) atoms. The van der Waals surface area contributed by atoms with Crippen LogP contribution in [0.2, 0.25) is 0 Å². The smallest absolute Gasteiger partial charge is 0.137 e. The summed E-state index contributed by atoms with van der Waals surface area (Å²) in [4.78, 5) is 0. The first kappa shape index (κ1) is 15.1. The van der Waals surface area contributed by atoms with Crippen LogP contribution in [0.5, 0.6) is 0 Å². The van der Waals surface area contributed by atoms with Crippen molar-refractivity contribution in [1.29, 1.82) is 0 Å². The molecule has 0 heterocycles. The van der Waals surface area contributed by atoms with Crippen molar-refractivity contribution in [2.45, 2.75) is 25.9 Å². The monoisotopic (exact) mass is 339 g/mol. The average Bonchev–Trinajstić information content (AvgIpc) is 2.41. The fourth-order valence-electron chi connectivity index (χ4n) is 2.13. The standard InChI is InChI=1S/C16H16BrF2N/c1-10(12-4-3-5-14(18)8-12)20-11(2)13-6-7-16(19)15(17)9-13/h3-11,20H,1-2H3/t10-,11?/m1/s1. The molecule has 2 atom stereocenters. The molecule has 0 saturated heterocycles. The molecule has 2 aromatic rings. The van der Waals surface area contributed by atoms with Crippen molar-refractivity contribution in [1.82, 2.24) is 5.32 Å². The summed E-state index contributed by atoms with van der Waals surface area (Å²) < 4.78 is 26.9. The molecule has 0 amide bonds. The van der Waals surface area contributed by atoms with Crippen molar-refractivity contribution in [3.8, 4) is 0 Å². The largest absolute Gasteiger partial charge is 0.304 e. The molecule has 0 fully saturated rings. The Morgan fingerprint density at radius 2 is 1.60 bits per heavy atom. The summed E-state index contributed by atoms with van der Waals surface area (Å²) in [7, 11) is 0. The minimum Gasteiger partial charge on any atom is -0.304 e. The Hall–Kier alpha value is -1.26. The maximum absolute atomic E-state index is 13.2. The first-order valence-electron chi connectivity index (χ1n) is 6.44. The lowest BCUT2D eigenvalue weighted by molar-refractivity contribution is 0.491. The summed E-state index contributed by atoms with van der Waals surface area (Å²) in [6.45, 7) is 3.97. The van der Waals surface area contributed by atoms with Crippen LogP contribution < -0.4 is 5.32 Å². The van der Waals surface area contributed by atoms with Gasteiger partial charge in [-0.15, -0.1) is 0 Å². The van der Waals surface area contributed by atoms with E-state index in [2.05, 4.69) is 21.2 Å². The van der Waals surface area contributed by atoms with Crippen molar-refractivity contribution >= 4 is 15.9 Å². The number of hydrogen-bond acceptors (Lipinski definition) is 1. The SMILES string of the molecule is CC(N[C@H](C)c1cccc(F)c1)c1ccc(F)c(Br)c1. The predicted molar refractivity (Wildman–Crippen MR) is 80.5 cm³/mol. The van der Waals surface area contributed by atoms with Crippen LogP contribution in [0.4, 0.5) is 8.78 Å². The Morgan fingerprint density at radius 1 is 0.950 bits per heavy atom. The molecule has 0 aliphatic carbocycles. The van der Waals surface area contributed by atoms with E-state index in [9.17, 15) is 8.78 Å². The number of halogens is 3. The van der Waals surface area contributed by atoms with Gasteiger partial charge in [0.15, 0.2) is 0 Å². The van der Waals surface area contributed by atoms with E-state index < -0.39 is 0 Å². The first-order chi connectivity index (χ1) is 9.47. The van der Waals surface area contributed by atoms with E-state index in [0.717, 1.165) is 11.1 Å². The Labute approximate surface area is 126 Å². The molecule has 0 spiro atoms. The molecule has 0 bridgehead atoms. The van der Waals surface area contributed by atoms with Crippen LogP contribution in [0, 0.1) is 11.6 Å². The second kappa shape index (κ2) is 6.46. The Bertz CT molecular complexity index is 601. The number of hydrogen-bond donors (Lipinski definition) is 1. The molecule has 2 aromatic carbocycles. The molecule has 0 aromatic heterocycles. The zero-order valence-corrected chi connectivity index (χ0v) is 12.9.